The molecule has 1 unspecified atom stereocenters. The molecule has 4 nitrogen and oxygen atoms in total. The normalized spacial score (nSPS) is 21.8. The Morgan fingerprint density at radius 3 is 2.83 bits per heavy atom. The molecule has 0 bridgehead atoms. The van der Waals surface area contributed by atoms with Gasteiger partial charge in [0.05, 0.1) is 5.02 Å². The van der Waals surface area contributed by atoms with Crippen LogP contribution in [0.2, 0.25) is 5.02 Å². The van der Waals surface area contributed by atoms with Crippen molar-refractivity contribution in [3.05, 3.63) is 33.6 Å². The Morgan fingerprint density at radius 2 is 2.17 bits per heavy atom. The molecule has 0 aromatic heterocycles. The molecule has 1 aromatic rings. The zero-order valence-corrected chi connectivity index (χ0v) is 10.0. The average Bonchev–Trinajstić information content (AvgIpc) is 2.87. The molecule has 0 spiro atoms. The van der Waals surface area contributed by atoms with Gasteiger partial charge in [-0.25, -0.2) is 9.18 Å². The Morgan fingerprint density at radius 1 is 1.39 bits per heavy atom. The van der Waals surface area contributed by atoms with Crippen LogP contribution in [-0.2, 0) is 22.4 Å². The molecule has 3 rings (SSSR count). The number of carbonyl (C=O) groups excluding carboxylic acids is 2. The van der Waals surface area contributed by atoms with Crippen LogP contribution in [0.15, 0.2) is 6.07 Å². The number of ether oxygens (including phenoxy) is 1. The fourth-order valence-corrected chi connectivity index (χ4v) is 2.76. The molecule has 0 saturated carbocycles. The van der Waals surface area contributed by atoms with Crippen molar-refractivity contribution in [3.63, 3.8) is 0 Å². The van der Waals surface area contributed by atoms with Gasteiger partial charge in [-0.05, 0) is 36.5 Å². The van der Waals surface area contributed by atoms with Crippen molar-refractivity contribution in [3.8, 4) is 0 Å². The number of hydrogen-bond acceptors (Lipinski definition) is 3. The van der Waals surface area contributed by atoms with Crippen LogP contribution in [0, 0.1) is 5.82 Å². The fraction of sp³-hybridized carbons (Fsp3) is 0.333. The number of halogens is 2. The summed E-state index contributed by atoms with van der Waals surface area (Å²) in [5, 5.41) is 1.95. The second kappa shape index (κ2) is 3.95. The fourth-order valence-electron chi connectivity index (χ4n) is 2.53. The molecule has 18 heavy (non-hydrogen) atoms. The molecular weight excluding hydrogens is 261 g/mol. The molecule has 1 atom stereocenters. The number of rotatable bonds is 1. The van der Waals surface area contributed by atoms with Gasteiger partial charge in [0.25, 0.3) is 5.91 Å². The van der Waals surface area contributed by atoms with E-state index in [2.05, 4.69) is 0 Å². The third-order valence-electron chi connectivity index (χ3n) is 3.28. The van der Waals surface area contributed by atoms with Crippen molar-refractivity contribution in [2.24, 2.45) is 0 Å². The van der Waals surface area contributed by atoms with E-state index in [1.807, 2.05) is 5.32 Å². The maximum atomic E-state index is 14.1. The first kappa shape index (κ1) is 11.5. The van der Waals surface area contributed by atoms with Crippen LogP contribution < -0.4 is 5.32 Å². The van der Waals surface area contributed by atoms with Crippen molar-refractivity contribution in [2.75, 3.05) is 0 Å². The number of nitrogens with one attached hydrogen (secondary N) is 1. The van der Waals surface area contributed by atoms with Gasteiger partial charge in [0, 0.05) is 5.56 Å². The van der Waals surface area contributed by atoms with Crippen LogP contribution in [0.3, 0.4) is 0 Å². The van der Waals surface area contributed by atoms with Gasteiger partial charge in [-0.3, -0.25) is 10.1 Å². The summed E-state index contributed by atoms with van der Waals surface area (Å²) >= 11 is 5.81. The van der Waals surface area contributed by atoms with E-state index in [9.17, 15) is 14.0 Å². The number of imide groups is 1. The quantitative estimate of drug-likeness (QED) is 0.851. The monoisotopic (exact) mass is 269 g/mol. The van der Waals surface area contributed by atoms with E-state index in [-0.39, 0.29) is 10.6 Å². The summed E-state index contributed by atoms with van der Waals surface area (Å²) < 4.78 is 18.9. The predicted octanol–water partition coefficient (Wildman–Crippen LogP) is 2.28. The van der Waals surface area contributed by atoms with Crippen molar-refractivity contribution >= 4 is 23.6 Å². The first-order valence-corrected chi connectivity index (χ1v) is 5.97. The number of benzene rings is 1. The third-order valence-corrected chi connectivity index (χ3v) is 3.56. The molecule has 94 valence electrons. The SMILES string of the molecule is O=C1NC(=O)C(c2c(F)c(Cl)cc3c2CCC3)O1. The van der Waals surface area contributed by atoms with Crippen LogP contribution in [0.4, 0.5) is 9.18 Å². The van der Waals surface area contributed by atoms with Crippen molar-refractivity contribution < 1.29 is 18.7 Å². The number of hydrogen-bond donors (Lipinski definition) is 1. The second-order valence-corrected chi connectivity index (χ2v) is 4.76. The van der Waals surface area contributed by atoms with Crippen LogP contribution in [0.5, 0.6) is 0 Å². The van der Waals surface area contributed by atoms with Crippen LogP contribution in [0.1, 0.15) is 29.2 Å². The van der Waals surface area contributed by atoms with Gasteiger partial charge in [-0.1, -0.05) is 11.6 Å². The maximum absolute atomic E-state index is 14.1. The Bertz CT molecular complexity index is 573. The lowest BCUT2D eigenvalue weighted by atomic mass is 9.98. The summed E-state index contributed by atoms with van der Waals surface area (Å²) in [5.41, 5.74) is 1.78. The van der Waals surface area contributed by atoms with Gasteiger partial charge in [0.2, 0.25) is 6.10 Å². The highest BCUT2D eigenvalue weighted by Gasteiger charge is 2.39. The molecule has 1 heterocycles. The second-order valence-electron chi connectivity index (χ2n) is 4.35. The van der Waals surface area contributed by atoms with E-state index < -0.39 is 23.9 Å². The Balaban J connectivity index is 2.17. The largest absolute Gasteiger partial charge is 0.431 e. The van der Waals surface area contributed by atoms with Crippen LogP contribution >= 0.6 is 11.6 Å². The highest BCUT2D eigenvalue weighted by atomic mass is 35.5. The van der Waals surface area contributed by atoms with Gasteiger partial charge in [0.15, 0.2) is 0 Å². The molecule has 2 aliphatic rings. The van der Waals surface area contributed by atoms with Crippen LogP contribution in [-0.4, -0.2) is 12.0 Å². The molecule has 1 N–H and O–H groups in total. The van der Waals surface area contributed by atoms with E-state index >= 15 is 0 Å². The van der Waals surface area contributed by atoms with E-state index in [1.54, 1.807) is 6.07 Å². The molecule has 2 amide bonds. The number of amides is 2. The van der Waals surface area contributed by atoms with Gasteiger partial charge < -0.3 is 4.74 Å². The van der Waals surface area contributed by atoms with Gasteiger partial charge in [0.1, 0.15) is 5.82 Å². The average molecular weight is 270 g/mol. The van der Waals surface area contributed by atoms with E-state index in [1.165, 1.54) is 0 Å². The van der Waals surface area contributed by atoms with Gasteiger partial charge in [-0.2, -0.15) is 0 Å². The van der Waals surface area contributed by atoms with Crippen LogP contribution in [0.25, 0.3) is 0 Å². The predicted molar refractivity (Wildman–Crippen MR) is 60.8 cm³/mol. The van der Waals surface area contributed by atoms with Gasteiger partial charge in [-0.15, -0.1) is 0 Å². The van der Waals surface area contributed by atoms with Crippen molar-refractivity contribution in [2.45, 2.75) is 25.4 Å². The van der Waals surface area contributed by atoms with Crippen molar-refractivity contribution in [1.29, 1.82) is 0 Å². The lowest BCUT2D eigenvalue weighted by Crippen LogP contribution is -2.21. The van der Waals surface area contributed by atoms with E-state index in [0.717, 1.165) is 24.0 Å². The molecule has 0 radical (unpaired) electrons. The van der Waals surface area contributed by atoms with E-state index in [0.29, 0.717) is 6.42 Å². The molecule has 1 saturated heterocycles. The lowest BCUT2D eigenvalue weighted by molar-refractivity contribution is -0.123. The number of cyclic esters (lactones) is 1. The minimum Gasteiger partial charge on any atom is -0.431 e. The summed E-state index contributed by atoms with van der Waals surface area (Å²) in [6.07, 6.45) is 0.272. The summed E-state index contributed by atoms with van der Waals surface area (Å²) in [6, 6.07) is 1.58. The number of alkyl carbamates (subject to hydrolysis) is 1. The Kier molecular flexibility index (Phi) is 2.52. The molecule has 6 heteroatoms. The standard InChI is InChI=1S/C12H9ClFNO3/c13-7-4-5-2-1-3-6(5)8(9(7)14)10-11(16)15-12(17)18-10/h4,10H,1-3H2,(H,15,16,17). The maximum Gasteiger partial charge on any atom is 0.415 e. The Labute approximate surface area is 107 Å². The van der Waals surface area contributed by atoms with Gasteiger partial charge >= 0.3 is 6.09 Å². The third kappa shape index (κ3) is 1.58. The Hall–Kier alpha value is -1.62. The highest BCUT2D eigenvalue weighted by Crippen LogP contribution is 2.37. The number of carbonyl (C=O) groups is 2. The zero-order valence-electron chi connectivity index (χ0n) is 9.26. The molecular formula is C12H9ClFNO3. The summed E-state index contributed by atoms with van der Waals surface area (Å²) in [6.45, 7) is 0. The zero-order chi connectivity index (χ0) is 12.9. The minimum absolute atomic E-state index is 0.0404. The molecule has 1 aromatic carbocycles. The summed E-state index contributed by atoms with van der Waals surface area (Å²) in [4.78, 5) is 22.6. The highest BCUT2D eigenvalue weighted by molar-refractivity contribution is 6.31. The summed E-state index contributed by atoms with van der Waals surface area (Å²) in [7, 11) is 0. The first-order chi connectivity index (χ1) is 8.58. The number of aryl methyl sites for hydroxylation is 1. The first-order valence-electron chi connectivity index (χ1n) is 5.59. The smallest absolute Gasteiger partial charge is 0.415 e. The summed E-state index contributed by atoms with van der Waals surface area (Å²) in [5.74, 6) is -1.32. The van der Waals surface area contributed by atoms with E-state index in [4.69, 9.17) is 16.3 Å². The molecule has 1 aliphatic carbocycles. The topological polar surface area (TPSA) is 55.4 Å². The minimum atomic E-state index is -1.22. The molecule has 1 aliphatic heterocycles. The number of fused-ring (bicyclic) bond motifs is 1. The van der Waals surface area contributed by atoms with Crippen molar-refractivity contribution in [1.82, 2.24) is 5.32 Å². The lowest BCUT2D eigenvalue weighted by Gasteiger charge is -2.14. The molecule has 1 fully saturated rings.